The molecule has 2 amide bonds. The van der Waals surface area contributed by atoms with E-state index >= 15 is 4.39 Å². The van der Waals surface area contributed by atoms with E-state index in [1.165, 1.54) is 18.1 Å². The van der Waals surface area contributed by atoms with Crippen LogP contribution in [0.3, 0.4) is 0 Å². The number of carbonyl (C=O) groups is 3. The lowest BCUT2D eigenvalue weighted by molar-refractivity contribution is -0.123. The Kier molecular flexibility index (Phi) is 11.0. The topological polar surface area (TPSA) is 127 Å². The Hall–Kier alpha value is -4.14. The second-order valence-electron chi connectivity index (χ2n) is 12.2. The van der Waals surface area contributed by atoms with Crippen LogP contribution in [0.25, 0.3) is 11.1 Å². The van der Waals surface area contributed by atoms with E-state index in [0.29, 0.717) is 87.3 Å². The van der Waals surface area contributed by atoms with Gasteiger partial charge in [-0.05, 0) is 24.3 Å². The molecule has 2 N–H and O–H groups in total. The summed E-state index contributed by atoms with van der Waals surface area (Å²) in [7, 11) is 2.86. The summed E-state index contributed by atoms with van der Waals surface area (Å²) in [5, 5.41) is 0.302. The Bertz CT molecular complexity index is 1770. The zero-order valence-corrected chi connectivity index (χ0v) is 29.3. The molecule has 3 aliphatic heterocycles. The smallest absolute Gasteiger partial charge is 0.340 e. The zero-order chi connectivity index (χ0) is 35.5. The van der Waals surface area contributed by atoms with Gasteiger partial charge in [0.05, 0.1) is 60.3 Å². The Labute approximate surface area is 299 Å². The summed E-state index contributed by atoms with van der Waals surface area (Å²) in [6, 6.07) is 10.9. The van der Waals surface area contributed by atoms with Gasteiger partial charge in [-0.15, -0.1) is 0 Å². The number of nitrogens with zero attached hydrogens (tertiary/aromatic N) is 4. The van der Waals surface area contributed by atoms with Gasteiger partial charge in [-0.2, -0.15) is 0 Å². The molecule has 0 saturated carbocycles. The van der Waals surface area contributed by atoms with Crippen molar-refractivity contribution in [3.8, 4) is 16.9 Å². The molecule has 2 saturated heterocycles. The van der Waals surface area contributed by atoms with Crippen LogP contribution in [0.15, 0.2) is 42.5 Å². The molecule has 3 aromatic rings. The van der Waals surface area contributed by atoms with E-state index in [0.717, 1.165) is 0 Å². The molecular formula is C35H38Cl2FN5O7. The van der Waals surface area contributed by atoms with Crippen molar-refractivity contribution in [3.05, 3.63) is 75.0 Å². The number of rotatable bonds is 9. The van der Waals surface area contributed by atoms with Crippen molar-refractivity contribution in [1.82, 2.24) is 9.80 Å². The summed E-state index contributed by atoms with van der Waals surface area (Å²) in [5.41, 5.74) is 8.53. The number of primary amides is 1. The van der Waals surface area contributed by atoms with Crippen LogP contribution in [0.5, 0.6) is 5.75 Å². The quantitative estimate of drug-likeness (QED) is 0.323. The highest BCUT2D eigenvalue weighted by molar-refractivity contribution is 6.40. The van der Waals surface area contributed by atoms with Crippen molar-refractivity contribution in [1.29, 1.82) is 0 Å². The van der Waals surface area contributed by atoms with Gasteiger partial charge in [-0.3, -0.25) is 14.5 Å². The normalized spacial score (nSPS) is 18.0. The first kappa shape index (κ1) is 35.7. The lowest BCUT2D eigenvalue weighted by Crippen LogP contribution is -2.58. The van der Waals surface area contributed by atoms with E-state index in [2.05, 4.69) is 0 Å². The number of morpholine rings is 1. The van der Waals surface area contributed by atoms with Gasteiger partial charge in [0.25, 0.3) is 5.91 Å². The van der Waals surface area contributed by atoms with Crippen molar-refractivity contribution >= 4 is 52.4 Å². The highest BCUT2D eigenvalue weighted by atomic mass is 35.5. The predicted octanol–water partition coefficient (Wildman–Crippen LogP) is 4.04. The molecule has 50 heavy (non-hydrogen) atoms. The second-order valence-corrected chi connectivity index (χ2v) is 13.0. The number of carbonyl (C=O) groups excluding carboxylic acids is 3. The summed E-state index contributed by atoms with van der Waals surface area (Å²) >= 11 is 13.4. The Morgan fingerprint density at radius 1 is 0.980 bits per heavy atom. The summed E-state index contributed by atoms with van der Waals surface area (Å²) in [5.74, 6) is -1.71. The maximum absolute atomic E-state index is 15.7. The number of fused-ring (bicyclic) bond motifs is 1. The van der Waals surface area contributed by atoms with E-state index in [1.54, 1.807) is 43.5 Å². The lowest BCUT2D eigenvalue weighted by atomic mass is 9.97. The standard InChI is InChI=1S/C35H38Cl2FN5O7/c1-47-11-8-40-6-7-42(19-30(40)33(39)44)22-14-26(36)31(27(37)15-22)34(45)43-18-21-4-3-5-23(32(21)50-20-43)24-17-29(41-9-12-49-13-10-41)25(16-28(24)38)35(46)48-2/h3-5,14-17,30H,6-13,18-20H2,1-2H3,(H2,39,44). The maximum atomic E-state index is 15.7. The Morgan fingerprint density at radius 2 is 1.72 bits per heavy atom. The number of nitrogens with two attached hydrogens (primary N) is 1. The number of para-hydroxylation sites is 1. The Balaban J connectivity index is 1.23. The van der Waals surface area contributed by atoms with Crippen LogP contribution in [0.1, 0.15) is 26.3 Å². The van der Waals surface area contributed by atoms with Crippen LogP contribution < -0.4 is 20.3 Å². The first-order chi connectivity index (χ1) is 24.1. The molecule has 3 heterocycles. The molecule has 0 spiro atoms. The number of anilines is 2. The molecule has 15 heteroatoms. The van der Waals surface area contributed by atoms with Gasteiger partial charge >= 0.3 is 5.97 Å². The van der Waals surface area contributed by atoms with E-state index in [9.17, 15) is 14.4 Å². The van der Waals surface area contributed by atoms with Crippen LogP contribution >= 0.6 is 23.2 Å². The first-order valence-electron chi connectivity index (χ1n) is 16.2. The number of esters is 1. The van der Waals surface area contributed by atoms with Gasteiger partial charge in [0.1, 0.15) is 17.6 Å². The first-order valence-corrected chi connectivity index (χ1v) is 16.9. The predicted molar refractivity (Wildman–Crippen MR) is 187 cm³/mol. The molecule has 6 rings (SSSR count). The molecule has 12 nitrogen and oxygen atoms in total. The van der Waals surface area contributed by atoms with Gasteiger partial charge < -0.3 is 39.4 Å². The van der Waals surface area contributed by atoms with Gasteiger partial charge in [0, 0.05) is 68.8 Å². The largest absolute Gasteiger partial charge is 0.472 e. The minimum absolute atomic E-state index is 0.116. The van der Waals surface area contributed by atoms with Crippen LogP contribution in [-0.2, 0) is 25.5 Å². The fourth-order valence-corrected chi connectivity index (χ4v) is 7.27. The summed E-state index contributed by atoms with van der Waals surface area (Å²) in [4.78, 5) is 46.1. The number of halogens is 3. The van der Waals surface area contributed by atoms with Gasteiger partial charge in [0.2, 0.25) is 5.91 Å². The number of methoxy groups -OCH3 is 2. The van der Waals surface area contributed by atoms with Crippen LogP contribution in [0.2, 0.25) is 10.0 Å². The van der Waals surface area contributed by atoms with Crippen molar-refractivity contribution in [3.63, 3.8) is 0 Å². The highest BCUT2D eigenvalue weighted by Crippen LogP contribution is 2.41. The van der Waals surface area contributed by atoms with Crippen LogP contribution in [-0.4, -0.2) is 114 Å². The van der Waals surface area contributed by atoms with Crippen LogP contribution in [0, 0.1) is 5.82 Å². The third-order valence-electron chi connectivity index (χ3n) is 9.25. The number of amides is 2. The van der Waals surface area contributed by atoms with Crippen molar-refractivity contribution in [2.45, 2.75) is 12.6 Å². The third-order valence-corrected chi connectivity index (χ3v) is 9.85. The summed E-state index contributed by atoms with van der Waals surface area (Å²) < 4.78 is 37.4. The molecule has 266 valence electrons. The molecule has 1 atom stereocenters. The highest BCUT2D eigenvalue weighted by Gasteiger charge is 2.33. The molecule has 0 aromatic heterocycles. The number of hydrogen-bond donors (Lipinski definition) is 1. The fourth-order valence-electron chi connectivity index (χ4n) is 6.63. The number of ether oxygens (including phenoxy) is 4. The Morgan fingerprint density at radius 3 is 2.40 bits per heavy atom. The molecular weight excluding hydrogens is 692 g/mol. The minimum atomic E-state index is -0.641. The lowest BCUT2D eigenvalue weighted by Gasteiger charge is -2.41. The average Bonchev–Trinajstić information content (AvgIpc) is 3.12. The van der Waals surface area contributed by atoms with E-state index in [1.807, 2.05) is 14.7 Å². The monoisotopic (exact) mass is 729 g/mol. The SMILES string of the molecule is COCCN1CCN(c2cc(Cl)c(C(=O)N3COc4c(cccc4-c4cc(N5CCOCC5)c(C(=O)OC)cc4F)C3)c(Cl)c2)CC1C(N)=O. The molecule has 0 bridgehead atoms. The summed E-state index contributed by atoms with van der Waals surface area (Å²) in [6.07, 6.45) is 0. The average molecular weight is 731 g/mol. The van der Waals surface area contributed by atoms with E-state index < -0.39 is 29.6 Å². The molecule has 0 aliphatic carbocycles. The van der Waals surface area contributed by atoms with Crippen molar-refractivity contribution < 1.29 is 37.7 Å². The molecule has 3 aliphatic rings. The third kappa shape index (κ3) is 7.19. The molecule has 0 radical (unpaired) electrons. The van der Waals surface area contributed by atoms with Gasteiger partial charge in [-0.1, -0.05) is 41.4 Å². The summed E-state index contributed by atoms with van der Waals surface area (Å²) in [6.45, 7) is 4.56. The van der Waals surface area contributed by atoms with Crippen molar-refractivity contribution in [2.75, 3.05) is 89.8 Å². The van der Waals surface area contributed by atoms with E-state index in [-0.39, 0.29) is 40.0 Å². The molecule has 3 aromatic carbocycles. The van der Waals surface area contributed by atoms with Crippen LogP contribution in [0.4, 0.5) is 15.8 Å². The van der Waals surface area contributed by atoms with E-state index in [4.69, 9.17) is 47.9 Å². The van der Waals surface area contributed by atoms with Gasteiger partial charge in [0.15, 0.2) is 6.73 Å². The zero-order valence-electron chi connectivity index (χ0n) is 27.8. The van der Waals surface area contributed by atoms with Crippen molar-refractivity contribution in [2.24, 2.45) is 5.73 Å². The van der Waals surface area contributed by atoms with Gasteiger partial charge in [-0.25, -0.2) is 9.18 Å². The minimum Gasteiger partial charge on any atom is -0.472 e. The molecule has 1 unspecified atom stereocenters. The fraction of sp³-hybridized carbons (Fsp3) is 0.400. The number of benzene rings is 3. The molecule has 2 fully saturated rings. The number of piperazine rings is 1. The second kappa shape index (κ2) is 15.4. The number of hydrogen-bond acceptors (Lipinski definition) is 10. The maximum Gasteiger partial charge on any atom is 0.340 e.